The van der Waals surface area contributed by atoms with Crippen molar-refractivity contribution in [2.45, 2.75) is 61.9 Å². The van der Waals surface area contributed by atoms with Gasteiger partial charge >= 0.3 is 0 Å². The SMILES string of the molecule is CC(C)c1noc(C2CCC(Oc3ccncc3)C(c3cc(F)c(S(C)(=O)=O)cc3F)C2)n1. The molecule has 1 aromatic carbocycles. The average Bonchev–Trinajstić information content (AvgIpc) is 3.26. The van der Waals surface area contributed by atoms with Crippen LogP contribution in [0.5, 0.6) is 5.75 Å². The van der Waals surface area contributed by atoms with E-state index >= 15 is 4.39 Å². The Hall–Kier alpha value is -2.88. The summed E-state index contributed by atoms with van der Waals surface area (Å²) in [7, 11) is -3.91. The van der Waals surface area contributed by atoms with Crippen molar-refractivity contribution in [2.75, 3.05) is 6.26 Å². The largest absolute Gasteiger partial charge is 0.490 e. The van der Waals surface area contributed by atoms with Gasteiger partial charge in [0.2, 0.25) is 5.89 Å². The minimum absolute atomic E-state index is 0.0623. The summed E-state index contributed by atoms with van der Waals surface area (Å²) >= 11 is 0. The lowest BCUT2D eigenvalue weighted by atomic mass is 9.75. The van der Waals surface area contributed by atoms with Gasteiger partial charge in [0.25, 0.3) is 0 Å². The molecular weight excluding hydrogens is 452 g/mol. The van der Waals surface area contributed by atoms with Gasteiger partial charge < -0.3 is 9.26 Å². The van der Waals surface area contributed by atoms with Crippen LogP contribution in [0.1, 0.15) is 68.1 Å². The van der Waals surface area contributed by atoms with Crippen LogP contribution in [-0.2, 0) is 9.84 Å². The lowest BCUT2D eigenvalue weighted by Crippen LogP contribution is -2.32. The topological polar surface area (TPSA) is 95.2 Å². The summed E-state index contributed by atoms with van der Waals surface area (Å²) in [6.07, 6.45) is 5.13. The third-order valence-electron chi connectivity index (χ3n) is 5.90. The molecule has 0 spiro atoms. The van der Waals surface area contributed by atoms with Gasteiger partial charge in [-0.2, -0.15) is 4.98 Å². The monoisotopic (exact) mass is 477 g/mol. The van der Waals surface area contributed by atoms with Crippen LogP contribution in [0.2, 0.25) is 0 Å². The number of ether oxygens (including phenoxy) is 1. The number of rotatable bonds is 6. The first-order valence-corrected chi connectivity index (χ1v) is 12.6. The lowest BCUT2D eigenvalue weighted by Gasteiger charge is -2.35. The van der Waals surface area contributed by atoms with Crippen LogP contribution < -0.4 is 4.74 Å². The summed E-state index contributed by atoms with van der Waals surface area (Å²) in [5.41, 5.74) is 0.0623. The highest BCUT2D eigenvalue weighted by molar-refractivity contribution is 7.90. The Morgan fingerprint density at radius 1 is 1.12 bits per heavy atom. The summed E-state index contributed by atoms with van der Waals surface area (Å²) in [5.74, 6) is -0.797. The molecule has 33 heavy (non-hydrogen) atoms. The predicted molar refractivity (Wildman–Crippen MR) is 116 cm³/mol. The van der Waals surface area contributed by atoms with Crippen molar-refractivity contribution in [3.05, 3.63) is 65.6 Å². The van der Waals surface area contributed by atoms with E-state index in [0.29, 0.717) is 36.7 Å². The Labute approximate surface area is 191 Å². The second-order valence-corrected chi connectivity index (χ2v) is 10.7. The van der Waals surface area contributed by atoms with E-state index in [-0.39, 0.29) is 17.4 Å². The van der Waals surface area contributed by atoms with Gasteiger partial charge in [-0.05, 0) is 49.1 Å². The number of sulfone groups is 1. The van der Waals surface area contributed by atoms with E-state index in [4.69, 9.17) is 9.26 Å². The first-order valence-electron chi connectivity index (χ1n) is 10.7. The van der Waals surface area contributed by atoms with Crippen molar-refractivity contribution < 1.29 is 26.5 Å². The number of aromatic nitrogens is 3. The number of benzene rings is 1. The van der Waals surface area contributed by atoms with Crippen LogP contribution in [0.4, 0.5) is 8.78 Å². The first-order chi connectivity index (χ1) is 15.6. The normalized spacial score (nSPS) is 21.3. The quantitative estimate of drug-likeness (QED) is 0.505. The van der Waals surface area contributed by atoms with E-state index < -0.39 is 38.4 Å². The fourth-order valence-corrected chi connectivity index (χ4v) is 4.92. The van der Waals surface area contributed by atoms with Gasteiger partial charge in [-0.15, -0.1) is 0 Å². The Morgan fingerprint density at radius 2 is 1.85 bits per heavy atom. The summed E-state index contributed by atoms with van der Waals surface area (Å²) in [6, 6.07) is 5.10. The zero-order chi connectivity index (χ0) is 23.8. The van der Waals surface area contributed by atoms with Gasteiger partial charge in [0.15, 0.2) is 15.7 Å². The second-order valence-electron chi connectivity index (χ2n) is 8.68. The maximum atomic E-state index is 15.1. The van der Waals surface area contributed by atoms with Crippen LogP contribution in [-0.4, -0.2) is 35.9 Å². The molecule has 1 aliphatic rings. The van der Waals surface area contributed by atoms with Crippen molar-refractivity contribution in [2.24, 2.45) is 0 Å². The highest BCUT2D eigenvalue weighted by Gasteiger charge is 2.38. The molecule has 3 atom stereocenters. The zero-order valence-electron chi connectivity index (χ0n) is 18.5. The molecule has 0 aliphatic heterocycles. The minimum atomic E-state index is -3.91. The van der Waals surface area contributed by atoms with E-state index in [2.05, 4.69) is 15.1 Å². The van der Waals surface area contributed by atoms with Gasteiger partial charge in [-0.1, -0.05) is 19.0 Å². The third kappa shape index (κ3) is 5.05. The number of hydrogen-bond acceptors (Lipinski definition) is 7. The van der Waals surface area contributed by atoms with Crippen molar-refractivity contribution in [1.82, 2.24) is 15.1 Å². The third-order valence-corrected chi connectivity index (χ3v) is 7.01. The summed E-state index contributed by atoms with van der Waals surface area (Å²) < 4.78 is 65.1. The molecule has 3 unspecified atom stereocenters. The number of hydrogen-bond donors (Lipinski definition) is 0. The molecule has 0 bridgehead atoms. The van der Waals surface area contributed by atoms with E-state index in [1.54, 1.807) is 24.5 Å². The van der Waals surface area contributed by atoms with Crippen molar-refractivity contribution in [3.8, 4) is 5.75 Å². The molecule has 4 rings (SSSR count). The van der Waals surface area contributed by atoms with Crippen LogP contribution in [0, 0.1) is 11.6 Å². The molecule has 0 radical (unpaired) electrons. The summed E-state index contributed by atoms with van der Waals surface area (Å²) in [5, 5.41) is 4.02. The first kappa shape index (κ1) is 23.3. The number of halogens is 2. The highest BCUT2D eigenvalue weighted by atomic mass is 32.2. The maximum Gasteiger partial charge on any atom is 0.229 e. The molecule has 0 amide bonds. The molecule has 3 aromatic rings. The molecule has 10 heteroatoms. The van der Waals surface area contributed by atoms with E-state index in [0.717, 1.165) is 18.4 Å². The van der Waals surface area contributed by atoms with Crippen molar-refractivity contribution >= 4 is 9.84 Å². The van der Waals surface area contributed by atoms with Gasteiger partial charge in [0.1, 0.15) is 28.4 Å². The molecular formula is C23H25F2N3O4S. The number of nitrogens with zero attached hydrogens (tertiary/aromatic N) is 3. The van der Waals surface area contributed by atoms with E-state index in [9.17, 15) is 12.8 Å². The fraction of sp³-hybridized carbons (Fsp3) is 0.435. The smallest absolute Gasteiger partial charge is 0.229 e. The minimum Gasteiger partial charge on any atom is -0.490 e. The molecule has 1 fully saturated rings. The Balaban J connectivity index is 1.70. The summed E-state index contributed by atoms with van der Waals surface area (Å²) in [4.78, 5) is 7.79. The lowest BCUT2D eigenvalue weighted by molar-refractivity contribution is 0.113. The second kappa shape index (κ2) is 9.17. The highest BCUT2D eigenvalue weighted by Crippen LogP contribution is 2.44. The van der Waals surface area contributed by atoms with Crippen molar-refractivity contribution in [1.29, 1.82) is 0 Å². The fourth-order valence-electron chi connectivity index (χ4n) is 4.19. The Bertz CT molecular complexity index is 1230. The molecule has 0 N–H and O–H groups in total. The Kier molecular flexibility index (Phi) is 6.47. The standard InChI is InChI=1S/C23H25F2N3O4S/c1-13(2)22-27-23(32-28-22)14-4-5-20(31-15-6-8-26-9-7-15)17(10-14)16-11-19(25)21(12-18(16)24)33(3,29)30/h6-9,11-14,17,20H,4-5,10H2,1-3H3. The molecule has 7 nitrogen and oxygen atoms in total. The molecule has 1 saturated carbocycles. The molecule has 176 valence electrons. The molecule has 1 aliphatic carbocycles. The predicted octanol–water partition coefficient (Wildman–Crippen LogP) is 4.77. The molecule has 2 aromatic heterocycles. The zero-order valence-corrected chi connectivity index (χ0v) is 19.4. The number of pyridine rings is 1. The molecule has 0 saturated heterocycles. The van der Waals surface area contributed by atoms with E-state index in [1.165, 1.54) is 0 Å². The van der Waals surface area contributed by atoms with Crippen LogP contribution in [0.3, 0.4) is 0 Å². The van der Waals surface area contributed by atoms with Crippen molar-refractivity contribution in [3.63, 3.8) is 0 Å². The van der Waals surface area contributed by atoms with Crippen LogP contribution in [0.15, 0.2) is 46.1 Å². The Morgan fingerprint density at radius 3 is 2.48 bits per heavy atom. The maximum absolute atomic E-state index is 15.1. The van der Waals surface area contributed by atoms with Crippen LogP contribution in [0.25, 0.3) is 0 Å². The van der Waals surface area contributed by atoms with Gasteiger partial charge in [-0.25, -0.2) is 17.2 Å². The van der Waals surface area contributed by atoms with E-state index in [1.807, 2.05) is 13.8 Å². The van der Waals surface area contributed by atoms with Crippen LogP contribution >= 0.6 is 0 Å². The molecule has 2 heterocycles. The summed E-state index contributed by atoms with van der Waals surface area (Å²) in [6.45, 7) is 3.91. The average molecular weight is 478 g/mol. The van der Waals surface area contributed by atoms with Gasteiger partial charge in [-0.3, -0.25) is 4.98 Å². The van der Waals surface area contributed by atoms with Gasteiger partial charge in [0, 0.05) is 36.4 Å². The van der Waals surface area contributed by atoms with Gasteiger partial charge in [0.05, 0.1) is 0 Å².